The normalized spacial score (nSPS) is 31.2. The molecule has 0 aromatic carbocycles. The van der Waals surface area contributed by atoms with Crippen LogP contribution in [0.15, 0.2) is 0 Å². The Labute approximate surface area is 94.5 Å². The number of hydrogen-bond donors (Lipinski definition) is 2. The standard InChI is InChI=1S/C13H27NO/c1-4-12-5-7-13(8-6-12)9-14-10(2)11(3)15/h10-15H,4-9H2,1-3H3. The Morgan fingerprint density at radius 1 is 1.13 bits per heavy atom. The van der Waals surface area contributed by atoms with E-state index in [1.807, 2.05) is 6.92 Å². The SMILES string of the molecule is CCC1CCC(CNC(C)C(C)O)CC1. The van der Waals surface area contributed by atoms with Gasteiger partial charge in [-0.25, -0.2) is 0 Å². The van der Waals surface area contributed by atoms with Crippen molar-refractivity contribution in [3.8, 4) is 0 Å². The van der Waals surface area contributed by atoms with Crippen LogP contribution in [0.4, 0.5) is 0 Å². The van der Waals surface area contributed by atoms with E-state index in [0.29, 0.717) is 0 Å². The monoisotopic (exact) mass is 213 g/mol. The molecule has 2 nitrogen and oxygen atoms in total. The largest absolute Gasteiger partial charge is 0.392 e. The van der Waals surface area contributed by atoms with Crippen LogP contribution in [0.1, 0.15) is 52.9 Å². The van der Waals surface area contributed by atoms with Crippen LogP contribution < -0.4 is 5.32 Å². The smallest absolute Gasteiger partial charge is 0.0662 e. The summed E-state index contributed by atoms with van der Waals surface area (Å²) in [5.41, 5.74) is 0. The maximum absolute atomic E-state index is 9.37. The Hall–Kier alpha value is -0.0800. The Bertz CT molecular complexity index is 162. The van der Waals surface area contributed by atoms with Crippen LogP contribution >= 0.6 is 0 Å². The highest BCUT2D eigenvalue weighted by molar-refractivity contribution is 4.75. The molecule has 1 aliphatic carbocycles. The van der Waals surface area contributed by atoms with Crippen LogP contribution in [0.3, 0.4) is 0 Å². The van der Waals surface area contributed by atoms with Gasteiger partial charge in [-0.05, 0) is 45.1 Å². The van der Waals surface area contributed by atoms with Crippen molar-refractivity contribution in [2.45, 2.75) is 65.0 Å². The average molecular weight is 213 g/mol. The molecule has 1 fully saturated rings. The van der Waals surface area contributed by atoms with E-state index >= 15 is 0 Å². The second kappa shape index (κ2) is 6.49. The topological polar surface area (TPSA) is 32.3 Å². The molecule has 0 radical (unpaired) electrons. The lowest BCUT2D eigenvalue weighted by Crippen LogP contribution is -2.39. The minimum atomic E-state index is -0.239. The molecule has 0 spiro atoms. The summed E-state index contributed by atoms with van der Waals surface area (Å²) in [6.45, 7) is 7.30. The zero-order chi connectivity index (χ0) is 11.3. The van der Waals surface area contributed by atoms with E-state index in [-0.39, 0.29) is 12.1 Å². The molecule has 2 N–H and O–H groups in total. The zero-order valence-corrected chi connectivity index (χ0v) is 10.5. The average Bonchev–Trinajstić information content (AvgIpc) is 2.26. The fraction of sp³-hybridized carbons (Fsp3) is 1.00. The van der Waals surface area contributed by atoms with Crippen LogP contribution in [0.25, 0.3) is 0 Å². The maximum atomic E-state index is 9.37. The van der Waals surface area contributed by atoms with Gasteiger partial charge in [0.15, 0.2) is 0 Å². The third kappa shape index (κ3) is 4.52. The third-order valence-electron chi connectivity index (χ3n) is 4.00. The lowest BCUT2D eigenvalue weighted by atomic mass is 9.81. The van der Waals surface area contributed by atoms with Crippen molar-refractivity contribution in [2.75, 3.05) is 6.54 Å². The number of aliphatic hydroxyl groups is 1. The number of rotatable bonds is 5. The summed E-state index contributed by atoms with van der Waals surface area (Å²) < 4.78 is 0. The second-order valence-corrected chi connectivity index (χ2v) is 5.23. The Kier molecular flexibility index (Phi) is 5.62. The molecular formula is C13H27NO. The van der Waals surface area contributed by atoms with E-state index in [0.717, 1.165) is 18.4 Å². The highest BCUT2D eigenvalue weighted by Crippen LogP contribution is 2.30. The van der Waals surface area contributed by atoms with Crippen molar-refractivity contribution >= 4 is 0 Å². The molecular weight excluding hydrogens is 186 g/mol. The van der Waals surface area contributed by atoms with Crippen LogP contribution in [0.5, 0.6) is 0 Å². The molecule has 0 bridgehead atoms. The van der Waals surface area contributed by atoms with E-state index in [1.54, 1.807) is 0 Å². The molecule has 1 aliphatic rings. The quantitative estimate of drug-likeness (QED) is 0.735. The van der Waals surface area contributed by atoms with Crippen molar-refractivity contribution in [3.05, 3.63) is 0 Å². The molecule has 0 amide bonds. The van der Waals surface area contributed by atoms with Gasteiger partial charge in [0.2, 0.25) is 0 Å². The van der Waals surface area contributed by atoms with E-state index < -0.39 is 0 Å². The fourth-order valence-electron chi connectivity index (χ4n) is 2.37. The Morgan fingerprint density at radius 2 is 1.67 bits per heavy atom. The molecule has 0 aromatic heterocycles. The maximum Gasteiger partial charge on any atom is 0.0662 e. The molecule has 15 heavy (non-hydrogen) atoms. The van der Waals surface area contributed by atoms with E-state index in [1.165, 1.54) is 32.1 Å². The van der Waals surface area contributed by atoms with Crippen LogP contribution in [-0.4, -0.2) is 23.8 Å². The van der Waals surface area contributed by atoms with E-state index in [4.69, 9.17) is 0 Å². The van der Waals surface area contributed by atoms with Crippen molar-refractivity contribution in [1.29, 1.82) is 0 Å². The van der Waals surface area contributed by atoms with Crippen LogP contribution in [0.2, 0.25) is 0 Å². The van der Waals surface area contributed by atoms with Gasteiger partial charge >= 0.3 is 0 Å². The number of hydrogen-bond acceptors (Lipinski definition) is 2. The van der Waals surface area contributed by atoms with Gasteiger partial charge in [0, 0.05) is 6.04 Å². The minimum Gasteiger partial charge on any atom is -0.392 e. The molecule has 1 rings (SSSR count). The van der Waals surface area contributed by atoms with Gasteiger partial charge in [-0.2, -0.15) is 0 Å². The molecule has 0 saturated heterocycles. The first kappa shape index (κ1) is 13.0. The zero-order valence-electron chi connectivity index (χ0n) is 10.5. The van der Waals surface area contributed by atoms with Gasteiger partial charge in [0.1, 0.15) is 0 Å². The number of aliphatic hydroxyl groups excluding tert-OH is 1. The summed E-state index contributed by atoms with van der Waals surface area (Å²) in [6.07, 6.45) is 6.68. The molecule has 1 saturated carbocycles. The molecule has 2 heteroatoms. The van der Waals surface area contributed by atoms with Gasteiger partial charge in [0.05, 0.1) is 6.10 Å². The summed E-state index contributed by atoms with van der Waals surface area (Å²) in [6, 6.07) is 0.230. The predicted molar refractivity (Wildman–Crippen MR) is 64.9 cm³/mol. The molecule has 2 atom stereocenters. The van der Waals surface area contributed by atoms with Crippen molar-refractivity contribution < 1.29 is 5.11 Å². The second-order valence-electron chi connectivity index (χ2n) is 5.23. The lowest BCUT2D eigenvalue weighted by molar-refractivity contribution is 0.146. The van der Waals surface area contributed by atoms with Crippen molar-refractivity contribution in [3.63, 3.8) is 0 Å². The highest BCUT2D eigenvalue weighted by atomic mass is 16.3. The van der Waals surface area contributed by atoms with E-state index in [2.05, 4.69) is 19.2 Å². The highest BCUT2D eigenvalue weighted by Gasteiger charge is 2.20. The summed E-state index contributed by atoms with van der Waals surface area (Å²) in [5, 5.41) is 12.8. The summed E-state index contributed by atoms with van der Waals surface area (Å²) in [5.74, 6) is 1.82. The summed E-state index contributed by atoms with van der Waals surface area (Å²) in [4.78, 5) is 0. The first-order valence-corrected chi connectivity index (χ1v) is 6.55. The van der Waals surface area contributed by atoms with E-state index in [9.17, 15) is 5.11 Å². The first-order valence-electron chi connectivity index (χ1n) is 6.55. The van der Waals surface area contributed by atoms with Gasteiger partial charge in [-0.1, -0.05) is 26.2 Å². The van der Waals surface area contributed by atoms with Crippen LogP contribution in [-0.2, 0) is 0 Å². The van der Waals surface area contributed by atoms with Gasteiger partial charge < -0.3 is 10.4 Å². The van der Waals surface area contributed by atoms with Gasteiger partial charge in [0.25, 0.3) is 0 Å². The molecule has 0 aromatic rings. The third-order valence-corrected chi connectivity index (χ3v) is 4.00. The van der Waals surface area contributed by atoms with Gasteiger partial charge in [-0.15, -0.1) is 0 Å². The number of nitrogens with one attached hydrogen (secondary N) is 1. The molecule has 0 heterocycles. The van der Waals surface area contributed by atoms with Gasteiger partial charge in [-0.3, -0.25) is 0 Å². The van der Waals surface area contributed by atoms with Crippen molar-refractivity contribution in [1.82, 2.24) is 5.32 Å². The summed E-state index contributed by atoms with van der Waals surface area (Å²) >= 11 is 0. The first-order chi connectivity index (χ1) is 7.13. The molecule has 2 unspecified atom stereocenters. The van der Waals surface area contributed by atoms with Crippen molar-refractivity contribution in [2.24, 2.45) is 11.8 Å². The Balaban J connectivity index is 2.13. The lowest BCUT2D eigenvalue weighted by Gasteiger charge is -2.29. The Morgan fingerprint density at radius 3 is 2.13 bits per heavy atom. The minimum absolute atomic E-state index is 0.230. The predicted octanol–water partition coefficient (Wildman–Crippen LogP) is 2.56. The van der Waals surface area contributed by atoms with Crippen LogP contribution in [0, 0.1) is 11.8 Å². The molecule has 0 aliphatic heterocycles. The molecule has 90 valence electrons. The summed E-state index contributed by atoms with van der Waals surface area (Å²) in [7, 11) is 0. The fourth-order valence-corrected chi connectivity index (χ4v) is 2.37.